The Bertz CT molecular complexity index is 2700. The Kier molecular flexibility index (Phi) is 18.8. The van der Waals surface area contributed by atoms with Crippen molar-refractivity contribution in [3.05, 3.63) is 125 Å². The molecule has 3 aromatic carbocycles. The molecule has 0 saturated carbocycles. The molecule has 70 heavy (non-hydrogen) atoms. The molecule has 0 aliphatic rings. The van der Waals surface area contributed by atoms with Crippen molar-refractivity contribution in [1.29, 1.82) is 0 Å². The number of carbonyl (C=O) groups is 6. The third kappa shape index (κ3) is 14.1. The van der Waals surface area contributed by atoms with E-state index in [0.29, 0.717) is 44.5 Å². The molecule has 6 aromatic rings. The molecule has 16 N–H and O–H groups in total. The average molecular weight is 958 g/mol. The number of H-pyrrole nitrogens is 3. The Morgan fingerprint density at radius 3 is 1.49 bits per heavy atom. The van der Waals surface area contributed by atoms with E-state index in [1.165, 1.54) is 6.33 Å². The predicted octanol–water partition coefficient (Wildman–Crippen LogP) is 1.75. The molecule has 372 valence electrons. The highest BCUT2D eigenvalue weighted by molar-refractivity contribution is 5.98. The summed E-state index contributed by atoms with van der Waals surface area (Å²) in [5, 5.41) is 16.0. The van der Waals surface area contributed by atoms with Gasteiger partial charge in [0.2, 0.25) is 35.4 Å². The lowest BCUT2D eigenvalue weighted by atomic mass is 9.99. The topological polar surface area (TPSA) is 327 Å². The van der Waals surface area contributed by atoms with Crippen molar-refractivity contribution in [3.8, 4) is 0 Å². The number of rotatable bonds is 27. The van der Waals surface area contributed by atoms with Crippen LogP contribution in [0.4, 0.5) is 0 Å². The molecule has 0 bridgehead atoms. The van der Waals surface area contributed by atoms with Crippen molar-refractivity contribution in [2.45, 2.75) is 114 Å². The van der Waals surface area contributed by atoms with Crippen molar-refractivity contribution < 1.29 is 28.8 Å². The molecule has 0 aliphatic carbocycles. The number of aromatic amines is 3. The van der Waals surface area contributed by atoms with Crippen LogP contribution in [-0.2, 0) is 54.5 Å². The number of unbranched alkanes of at least 4 members (excludes halogenated alkanes) is 2. The van der Waals surface area contributed by atoms with Gasteiger partial charge in [-0.15, -0.1) is 0 Å². The van der Waals surface area contributed by atoms with Gasteiger partial charge >= 0.3 is 0 Å². The van der Waals surface area contributed by atoms with E-state index < -0.39 is 71.7 Å². The van der Waals surface area contributed by atoms with Crippen LogP contribution in [0.2, 0.25) is 0 Å². The highest BCUT2D eigenvalue weighted by Gasteiger charge is 2.34. The van der Waals surface area contributed by atoms with Crippen LogP contribution in [0.25, 0.3) is 21.8 Å². The first-order chi connectivity index (χ1) is 33.8. The second-order valence-electron chi connectivity index (χ2n) is 17.8. The molecule has 0 aliphatic heterocycles. The van der Waals surface area contributed by atoms with Crippen molar-refractivity contribution >= 4 is 57.2 Å². The minimum absolute atomic E-state index is 0.00763. The lowest BCUT2D eigenvalue weighted by Crippen LogP contribution is -2.60. The van der Waals surface area contributed by atoms with Gasteiger partial charge in [0.15, 0.2) is 0 Å². The number of fused-ring (bicyclic) bond motifs is 2. The van der Waals surface area contributed by atoms with Gasteiger partial charge in [-0.25, -0.2) is 4.98 Å². The Balaban J connectivity index is 1.31. The van der Waals surface area contributed by atoms with Crippen LogP contribution in [0.3, 0.4) is 0 Å². The molecule has 0 saturated heterocycles. The van der Waals surface area contributed by atoms with E-state index in [9.17, 15) is 28.8 Å². The van der Waals surface area contributed by atoms with Crippen LogP contribution in [0.1, 0.15) is 72.3 Å². The first-order valence-corrected chi connectivity index (χ1v) is 23.9. The molecular formula is C51H67N13O6. The predicted molar refractivity (Wildman–Crippen MR) is 269 cm³/mol. The van der Waals surface area contributed by atoms with E-state index in [4.69, 9.17) is 22.9 Å². The number of nitrogens with one attached hydrogen (secondary N) is 8. The van der Waals surface area contributed by atoms with Crippen molar-refractivity contribution in [2.24, 2.45) is 22.9 Å². The number of carbonyl (C=O) groups excluding carboxylic acids is 6. The van der Waals surface area contributed by atoms with E-state index >= 15 is 0 Å². The van der Waals surface area contributed by atoms with E-state index in [-0.39, 0.29) is 38.5 Å². The second kappa shape index (κ2) is 25.3. The highest BCUT2D eigenvalue weighted by Crippen LogP contribution is 2.25. The maximum absolute atomic E-state index is 14.8. The van der Waals surface area contributed by atoms with E-state index in [0.717, 1.165) is 49.9 Å². The van der Waals surface area contributed by atoms with Gasteiger partial charge in [-0.2, -0.15) is 0 Å². The van der Waals surface area contributed by atoms with Crippen molar-refractivity contribution in [2.75, 3.05) is 13.1 Å². The number of benzene rings is 3. The van der Waals surface area contributed by atoms with Crippen molar-refractivity contribution in [3.63, 3.8) is 0 Å². The molecule has 3 aromatic heterocycles. The number of aromatic nitrogens is 4. The molecule has 0 unspecified atom stereocenters. The van der Waals surface area contributed by atoms with Crippen LogP contribution in [0.15, 0.2) is 91.4 Å². The Labute approximate surface area is 406 Å². The summed E-state index contributed by atoms with van der Waals surface area (Å²) in [6, 6.07) is 17.3. The van der Waals surface area contributed by atoms with Gasteiger partial charge in [-0.05, 0) is 94.3 Å². The first-order valence-electron chi connectivity index (χ1n) is 23.9. The molecule has 0 radical (unpaired) electrons. The quantitative estimate of drug-likeness (QED) is 0.0332. The summed E-state index contributed by atoms with van der Waals surface area (Å²) >= 11 is 0. The third-order valence-corrected chi connectivity index (χ3v) is 12.6. The fraction of sp³-hybridized carbons (Fsp3) is 0.392. The van der Waals surface area contributed by atoms with E-state index in [1.807, 2.05) is 80.6 Å². The number of hydrogen-bond donors (Lipinski definition) is 12. The zero-order valence-corrected chi connectivity index (χ0v) is 39.8. The van der Waals surface area contributed by atoms with Crippen LogP contribution < -0.4 is 49.5 Å². The lowest BCUT2D eigenvalue weighted by Gasteiger charge is -2.28. The first kappa shape index (κ1) is 52.0. The molecular weight excluding hydrogens is 891 g/mol. The highest BCUT2D eigenvalue weighted by atomic mass is 16.2. The molecule has 0 fully saturated rings. The molecule has 0 spiro atoms. The minimum Gasteiger partial charge on any atom is -0.368 e. The molecule has 6 atom stereocenters. The number of amides is 6. The number of para-hydroxylation sites is 2. The number of nitrogens with zero attached hydrogens (tertiary/aromatic N) is 1. The monoisotopic (exact) mass is 958 g/mol. The summed E-state index contributed by atoms with van der Waals surface area (Å²) < 4.78 is 0. The van der Waals surface area contributed by atoms with Gasteiger partial charge in [0, 0.05) is 70.8 Å². The van der Waals surface area contributed by atoms with E-state index in [2.05, 4.69) is 46.5 Å². The summed E-state index contributed by atoms with van der Waals surface area (Å²) in [6.45, 7) is 4.48. The number of hydrogen-bond acceptors (Lipinski definition) is 10. The molecule has 19 nitrogen and oxygen atoms in total. The minimum atomic E-state index is -1.29. The van der Waals surface area contributed by atoms with Crippen molar-refractivity contribution in [1.82, 2.24) is 46.5 Å². The average Bonchev–Trinajstić information content (AvgIpc) is 4.06. The van der Waals surface area contributed by atoms with Gasteiger partial charge in [-0.3, -0.25) is 28.8 Å². The Morgan fingerprint density at radius 1 is 0.543 bits per heavy atom. The van der Waals surface area contributed by atoms with Crippen LogP contribution in [0.5, 0.6) is 0 Å². The standard InChI is InChI=1S/C51H67N13O6/c1-30-36(34-16-6-8-18-39(34)58-30)26-44(62-47(66)38(54)25-33-28-56-29-57-33)50(69)61-42(21-11-13-23-53)48(67)64-45(27-37-31(2)59-40-19-9-7-17-35(37)40)51(70)63-43(24-32-14-4-3-5-15-32)49(68)60-41(46(55)65)20-10-12-22-52/h3-9,14-19,28-29,38,41-45,58-59H,10-13,20-27,52-54H2,1-2H3,(H2,55,65)(H,56,57)(H,60,68)(H,61,69)(H,62,66)(H,63,70)(H,64,67)/t38-,41-,42+,43+,44+,45-/m0/s1. The smallest absolute Gasteiger partial charge is 0.243 e. The van der Waals surface area contributed by atoms with Crippen LogP contribution >= 0.6 is 0 Å². The third-order valence-electron chi connectivity index (χ3n) is 12.6. The largest absolute Gasteiger partial charge is 0.368 e. The van der Waals surface area contributed by atoms with Gasteiger partial charge in [0.05, 0.1) is 12.4 Å². The van der Waals surface area contributed by atoms with Gasteiger partial charge in [0.25, 0.3) is 0 Å². The Morgan fingerprint density at radius 2 is 0.986 bits per heavy atom. The summed E-state index contributed by atoms with van der Waals surface area (Å²) in [6.07, 6.45) is 5.79. The SMILES string of the molecule is Cc1[nH]c2ccccc2c1C[C@H](NC(=O)[C@@H](CCCCN)NC(=O)[C@@H](Cc1c(C)[nH]c2ccccc12)NC(=O)[C@@H](N)Cc1cnc[nH]1)C(=O)N[C@H](Cc1ccccc1)C(=O)N[C@@H](CCCCN)C(N)=O. The Hall–Kier alpha value is -7.35. The lowest BCUT2D eigenvalue weighted by molar-refractivity contribution is -0.135. The van der Waals surface area contributed by atoms with Gasteiger partial charge in [0.1, 0.15) is 30.2 Å². The number of aryl methyl sites for hydroxylation is 2. The summed E-state index contributed by atoms with van der Waals surface area (Å²) in [4.78, 5) is 98.3. The fourth-order valence-corrected chi connectivity index (χ4v) is 8.72. The second-order valence-corrected chi connectivity index (χ2v) is 17.8. The summed E-state index contributed by atoms with van der Waals surface area (Å²) in [5.41, 5.74) is 29.8. The summed E-state index contributed by atoms with van der Waals surface area (Å²) in [7, 11) is 0. The number of nitrogens with two attached hydrogens (primary N) is 4. The molecule has 6 rings (SSSR count). The maximum atomic E-state index is 14.8. The maximum Gasteiger partial charge on any atom is 0.243 e. The van der Waals surface area contributed by atoms with Gasteiger partial charge < -0.3 is 64.5 Å². The molecule has 3 heterocycles. The number of imidazole rings is 1. The normalized spacial score (nSPS) is 14.0. The van der Waals surface area contributed by atoms with Crippen LogP contribution in [-0.4, -0.2) is 105 Å². The van der Waals surface area contributed by atoms with Gasteiger partial charge in [-0.1, -0.05) is 66.7 Å². The molecule has 19 heteroatoms. The zero-order chi connectivity index (χ0) is 50.2. The fourth-order valence-electron chi connectivity index (χ4n) is 8.72. The number of primary amides is 1. The summed E-state index contributed by atoms with van der Waals surface area (Å²) in [5.74, 6) is -3.97. The molecule has 6 amide bonds. The van der Waals surface area contributed by atoms with Crippen LogP contribution in [0, 0.1) is 13.8 Å². The van der Waals surface area contributed by atoms with E-state index in [1.54, 1.807) is 18.3 Å². The zero-order valence-electron chi connectivity index (χ0n) is 39.8.